The van der Waals surface area contributed by atoms with Crippen LogP contribution in [0.1, 0.15) is 141 Å². The Morgan fingerprint density at radius 2 is 1.06 bits per heavy atom. The Labute approximate surface area is 218 Å². The van der Waals surface area contributed by atoms with Gasteiger partial charge in [0.05, 0.1) is 5.92 Å². The number of hydrogen-bond donors (Lipinski definition) is 0. The van der Waals surface area contributed by atoms with Crippen LogP contribution in [0.3, 0.4) is 0 Å². The molecule has 35 heavy (non-hydrogen) atoms. The van der Waals surface area contributed by atoms with Crippen molar-refractivity contribution in [2.24, 2.45) is 21.8 Å². The van der Waals surface area contributed by atoms with Crippen LogP contribution in [0.25, 0.3) is 0 Å². The molecule has 0 saturated carbocycles. The lowest BCUT2D eigenvalue weighted by atomic mass is 9.80. The highest BCUT2D eigenvalue weighted by Crippen LogP contribution is 2.35. The van der Waals surface area contributed by atoms with Crippen LogP contribution in [0, 0.1) is 18.0 Å². The Bertz CT molecular complexity index is 638. The van der Waals surface area contributed by atoms with E-state index >= 15 is 0 Å². The molecule has 0 N–H and O–H groups in total. The molecule has 1 aromatic rings. The predicted molar refractivity (Wildman–Crippen MR) is 156 cm³/mol. The van der Waals surface area contributed by atoms with Gasteiger partial charge in [-0.2, -0.15) is 0 Å². The summed E-state index contributed by atoms with van der Waals surface area (Å²) in [5, 5.41) is 0. The van der Waals surface area contributed by atoms with Gasteiger partial charge in [-0.05, 0) is 24.3 Å². The summed E-state index contributed by atoms with van der Waals surface area (Å²) in [5.74, 6) is 1.12. The SMILES string of the molecule is CCCCCCCCCCCCCCCCCCCC([C+]1N=CC=N1)C(CC)Cc1ccccc1. The third kappa shape index (κ3) is 13.9. The van der Waals surface area contributed by atoms with Crippen molar-refractivity contribution in [1.82, 2.24) is 0 Å². The highest BCUT2D eigenvalue weighted by molar-refractivity contribution is 6.18. The van der Waals surface area contributed by atoms with Crippen LogP contribution < -0.4 is 0 Å². The number of rotatable bonds is 23. The van der Waals surface area contributed by atoms with Crippen LogP contribution in [-0.2, 0) is 6.42 Å². The molecular weight excluding hydrogens is 424 g/mol. The van der Waals surface area contributed by atoms with E-state index in [-0.39, 0.29) is 0 Å². The quantitative estimate of drug-likeness (QED) is 0.110. The second-order valence-corrected chi connectivity index (χ2v) is 10.8. The standard InChI is InChI=1S/C33H55N2/c1-3-5-6-7-8-9-10-11-12-13-14-15-16-17-18-19-23-26-32(33-34-27-28-35-33)31(4-2)29-30-24-21-20-22-25-30/h20-22,24-25,27-28,31-32H,3-19,23,26,29H2,1-2H3/q+1. The maximum Gasteiger partial charge on any atom is 0.244 e. The molecule has 1 aliphatic rings. The lowest BCUT2D eigenvalue weighted by Crippen LogP contribution is -2.21. The topological polar surface area (TPSA) is 24.7 Å². The minimum atomic E-state index is 0.492. The zero-order valence-electron chi connectivity index (χ0n) is 23.2. The van der Waals surface area contributed by atoms with E-state index in [9.17, 15) is 0 Å². The predicted octanol–water partition coefficient (Wildman–Crippen LogP) is 10.6. The lowest BCUT2D eigenvalue weighted by Gasteiger charge is -2.24. The smallest absolute Gasteiger partial charge is 0.0965 e. The zero-order valence-corrected chi connectivity index (χ0v) is 23.2. The van der Waals surface area contributed by atoms with E-state index in [4.69, 9.17) is 0 Å². The molecule has 1 aromatic carbocycles. The molecule has 0 amide bonds. The normalized spacial score (nSPS) is 14.6. The van der Waals surface area contributed by atoms with Gasteiger partial charge >= 0.3 is 0 Å². The first-order valence-corrected chi connectivity index (χ1v) is 15.3. The molecule has 0 radical (unpaired) electrons. The molecule has 2 heteroatoms. The number of aliphatic imine (C=N–C) groups is 2. The summed E-state index contributed by atoms with van der Waals surface area (Å²) >= 11 is 0. The molecule has 0 bridgehead atoms. The second kappa shape index (κ2) is 20.6. The molecule has 0 spiro atoms. The molecule has 2 unspecified atom stereocenters. The molecular formula is C33H55N2+. The van der Waals surface area contributed by atoms with Gasteiger partial charge in [0.15, 0.2) is 12.4 Å². The van der Waals surface area contributed by atoms with Gasteiger partial charge in [-0.3, -0.25) is 0 Å². The van der Waals surface area contributed by atoms with E-state index in [1.807, 2.05) is 12.4 Å². The average Bonchev–Trinajstić information content (AvgIpc) is 3.42. The van der Waals surface area contributed by atoms with E-state index in [2.05, 4.69) is 54.2 Å². The van der Waals surface area contributed by atoms with Crippen LogP contribution >= 0.6 is 0 Å². The summed E-state index contributed by atoms with van der Waals surface area (Å²) in [6.45, 7) is 4.63. The fourth-order valence-electron chi connectivity index (χ4n) is 5.60. The Morgan fingerprint density at radius 3 is 1.51 bits per heavy atom. The average molecular weight is 480 g/mol. The van der Waals surface area contributed by atoms with Crippen molar-refractivity contribution in [3.8, 4) is 0 Å². The monoisotopic (exact) mass is 479 g/mol. The molecule has 0 fully saturated rings. The molecule has 2 rings (SSSR count). The lowest BCUT2D eigenvalue weighted by molar-refractivity contribution is 0.300. The molecule has 1 heterocycles. The fourth-order valence-corrected chi connectivity index (χ4v) is 5.60. The van der Waals surface area contributed by atoms with E-state index in [1.165, 1.54) is 128 Å². The summed E-state index contributed by atoms with van der Waals surface area (Å²) in [6.07, 6.45) is 32.6. The summed E-state index contributed by atoms with van der Waals surface area (Å²) in [7, 11) is 0. The van der Waals surface area contributed by atoms with Gasteiger partial charge in [0, 0.05) is 0 Å². The molecule has 2 atom stereocenters. The molecule has 196 valence electrons. The molecule has 0 aliphatic carbocycles. The number of benzene rings is 1. The van der Waals surface area contributed by atoms with Gasteiger partial charge in [-0.25, -0.2) is 0 Å². The first-order chi connectivity index (χ1) is 17.3. The highest BCUT2D eigenvalue weighted by Gasteiger charge is 2.34. The third-order valence-electron chi connectivity index (χ3n) is 7.86. The zero-order chi connectivity index (χ0) is 24.8. The fraction of sp³-hybridized carbons (Fsp3) is 0.727. The van der Waals surface area contributed by atoms with E-state index in [1.54, 1.807) is 0 Å². The van der Waals surface area contributed by atoms with Gasteiger partial charge < -0.3 is 0 Å². The van der Waals surface area contributed by atoms with Crippen molar-refractivity contribution < 1.29 is 0 Å². The van der Waals surface area contributed by atoms with Crippen LogP contribution in [-0.4, -0.2) is 12.4 Å². The first kappa shape index (κ1) is 29.7. The molecule has 1 aliphatic heterocycles. The van der Waals surface area contributed by atoms with Crippen LogP contribution in [0.15, 0.2) is 40.3 Å². The van der Waals surface area contributed by atoms with Gasteiger partial charge in [-0.15, -0.1) is 0 Å². The van der Waals surface area contributed by atoms with Crippen molar-refractivity contribution in [2.75, 3.05) is 0 Å². The Balaban J connectivity index is 1.49. The second-order valence-electron chi connectivity index (χ2n) is 10.8. The number of hydrogen-bond acceptors (Lipinski definition) is 2. The van der Waals surface area contributed by atoms with Gasteiger partial charge in [0.1, 0.15) is 0 Å². The highest BCUT2D eigenvalue weighted by atomic mass is 15.0. The summed E-state index contributed by atoms with van der Waals surface area (Å²) < 4.78 is 0. The molecule has 0 aromatic heterocycles. The van der Waals surface area contributed by atoms with E-state index in [0.717, 1.165) is 12.6 Å². The van der Waals surface area contributed by atoms with Crippen molar-refractivity contribution >= 4 is 12.4 Å². The number of nitrogens with zero attached hydrogens (tertiary/aromatic N) is 2. The third-order valence-corrected chi connectivity index (χ3v) is 7.86. The van der Waals surface area contributed by atoms with E-state index < -0.39 is 0 Å². The molecule has 2 nitrogen and oxygen atoms in total. The summed E-state index contributed by atoms with van der Waals surface area (Å²) in [6, 6.07) is 11.0. The maximum atomic E-state index is 4.61. The maximum absolute atomic E-state index is 4.61. The van der Waals surface area contributed by atoms with Crippen molar-refractivity contribution in [2.45, 2.75) is 142 Å². The van der Waals surface area contributed by atoms with E-state index in [0.29, 0.717) is 11.8 Å². The Hall–Kier alpha value is -1.57. The van der Waals surface area contributed by atoms with Gasteiger partial charge in [0.25, 0.3) is 0 Å². The van der Waals surface area contributed by atoms with Gasteiger partial charge in [-0.1, -0.05) is 170 Å². The minimum Gasteiger partial charge on any atom is -0.0965 e. The molecule has 0 saturated heterocycles. The number of unbranched alkanes of at least 4 members (excludes halogenated alkanes) is 16. The van der Waals surface area contributed by atoms with Crippen LogP contribution in [0.4, 0.5) is 0 Å². The van der Waals surface area contributed by atoms with Crippen molar-refractivity contribution in [3.05, 3.63) is 42.1 Å². The first-order valence-electron chi connectivity index (χ1n) is 15.3. The van der Waals surface area contributed by atoms with Crippen molar-refractivity contribution in [1.29, 1.82) is 0 Å². The largest absolute Gasteiger partial charge is 0.244 e. The Morgan fingerprint density at radius 1 is 0.600 bits per heavy atom. The van der Waals surface area contributed by atoms with Crippen LogP contribution in [0.2, 0.25) is 0 Å². The summed E-state index contributed by atoms with van der Waals surface area (Å²) in [5.41, 5.74) is 1.44. The van der Waals surface area contributed by atoms with Crippen molar-refractivity contribution in [3.63, 3.8) is 0 Å². The van der Waals surface area contributed by atoms with Gasteiger partial charge in [0.2, 0.25) is 6.17 Å². The Kier molecular flexibility index (Phi) is 17.5. The van der Waals surface area contributed by atoms with Crippen LogP contribution in [0.5, 0.6) is 0 Å². The summed E-state index contributed by atoms with van der Waals surface area (Å²) in [4.78, 5) is 9.22. The minimum absolute atomic E-state index is 0.492.